The Morgan fingerprint density at radius 1 is 1.06 bits per heavy atom. The Balaban J connectivity index is 1.51. The Labute approximate surface area is 175 Å². The van der Waals surface area contributed by atoms with Crippen LogP contribution >= 0.6 is 0 Å². The van der Waals surface area contributed by atoms with E-state index in [0.717, 1.165) is 16.4 Å². The van der Waals surface area contributed by atoms with Crippen LogP contribution in [0.2, 0.25) is 0 Å². The van der Waals surface area contributed by atoms with Crippen molar-refractivity contribution in [2.75, 3.05) is 26.2 Å². The van der Waals surface area contributed by atoms with Crippen LogP contribution in [0.3, 0.4) is 0 Å². The molecule has 0 aliphatic carbocycles. The van der Waals surface area contributed by atoms with E-state index in [-0.39, 0.29) is 43.1 Å². The van der Waals surface area contributed by atoms with Crippen molar-refractivity contribution in [3.05, 3.63) is 69.9 Å². The summed E-state index contributed by atoms with van der Waals surface area (Å²) in [6, 6.07) is 8.21. The highest BCUT2D eigenvalue weighted by Gasteiger charge is 2.32. The normalized spacial score (nSPS) is 15.4. The number of hydrogen-bond acceptors (Lipinski definition) is 5. The average molecular weight is 450 g/mol. The molecule has 1 amide bonds. The number of carbonyl (C=O) groups is 1. The Kier molecular flexibility index (Phi) is 5.19. The van der Waals surface area contributed by atoms with Gasteiger partial charge in [0.1, 0.15) is 27.7 Å². The SMILES string of the molecule is O=C(c1cc2cccc([N+](=O)[O-])c2[nH]1)N1CCN(S(=O)(=O)c2ccc(F)cc2F)CC1. The topological polar surface area (TPSA) is 117 Å². The van der Waals surface area contributed by atoms with Gasteiger partial charge in [0.25, 0.3) is 11.6 Å². The van der Waals surface area contributed by atoms with Crippen LogP contribution in [0, 0.1) is 21.7 Å². The largest absolute Gasteiger partial charge is 0.345 e. The number of hydrogen-bond donors (Lipinski definition) is 1. The van der Waals surface area contributed by atoms with Gasteiger partial charge in [0.2, 0.25) is 10.0 Å². The predicted molar refractivity (Wildman–Crippen MR) is 106 cm³/mol. The van der Waals surface area contributed by atoms with Crippen molar-refractivity contribution in [2.45, 2.75) is 4.90 Å². The molecule has 0 bridgehead atoms. The first-order chi connectivity index (χ1) is 14.7. The number of non-ortho nitro benzene ring substituents is 1. The van der Waals surface area contributed by atoms with E-state index in [9.17, 15) is 32.1 Å². The van der Waals surface area contributed by atoms with Gasteiger partial charge in [-0.15, -0.1) is 0 Å². The first-order valence-electron chi connectivity index (χ1n) is 9.19. The van der Waals surface area contributed by atoms with Gasteiger partial charge in [0.05, 0.1) is 4.92 Å². The highest BCUT2D eigenvalue weighted by molar-refractivity contribution is 7.89. The summed E-state index contributed by atoms with van der Waals surface area (Å²) < 4.78 is 53.4. The minimum Gasteiger partial charge on any atom is -0.345 e. The molecule has 1 N–H and O–H groups in total. The molecule has 0 atom stereocenters. The van der Waals surface area contributed by atoms with Crippen molar-refractivity contribution in [1.29, 1.82) is 0 Å². The molecular weight excluding hydrogens is 434 g/mol. The maximum atomic E-state index is 14.0. The number of amides is 1. The molecule has 9 nitrogen and oxygen atoms in total. The summed E-state index contributed by atoms with van der Waals surface area (Å²) in [6.07, 6.45) is 0. The number of nitro groups is 1. The van der Waals surface area contributed by atoms with Crippen molar-refractivity contribution in [3.8, 4) is 0 Å². The fourth-order valence-electron chi connectivity index (χ4n) is 3.53. The van der Waals surface area contributed by atoms with Crippen LogP contribution in [0.15, 0.2) is 47.4 Å². The van der Waals surface area contributed by atoms with E-state index >= 15 is 0 Å². The van der Waals surface area contributed by atoms with Gasteiger partial charge in [-0.05, 0) is 18.2 Å². The van der Waals surface area contributed by atoms with Gasteiger partial charge < -0.3 is 9.88 Å². The monoisotopic (exact) mass is 450 g/mol. The zero-order valence-corrected chi connectivity index (χ0v) is 16.7. The van der Waals surface area contributed by atoms with Gasteiger partial charge in [-0.25, -0.2) is 17.2 Å². The van der Waals surface area contributed by atoms with Gasteiger partial charge in [-0.1, -0.05) is 12.1 Å². The number of H-pyrrole nitrogens is 1. The highest BCUT2D eigenvalue weighted by Crippen LogP contribution is 2.26. The molecule has 3 aromatic rings. The van der Waals surface area contributed by atoms with E-state index in [4.69, 9.17) is 0 Å². The zero-order valence-electron chi connectivity index (χ0n) is 15.9. The van der Waals surface area contributed by atoms with Gasteiger partial charge in [-0.2, -0.15) is 4.31 Å². The Morgan fingerprint density at radius 2 is 1.77 bits per heavy atom. The molecule has 1 saturated heterocycles. The van der Waals surface area contributed by atoms with Crippen molar-refractivity contribution < 1.29 is 26.9 Å². The summed E-state index contributed by atoms with van der Waals surface area (Å²) in [5, 5.41) is 11.7. The molecule has 31 heavy (non-hydrogen) atoms. The molecule has 4 rings (SSSR count). The molecule has 1 aromatic heterocycles. The lowest BCUT2D eigenvalue weighted by molar-refractivity contribution is -0.383. The molecule has 12 heteroatoms. The van der Waals surface area contributed by atoms with Crippen LogP contribution in [0.4, 0.5) is 14.5 Å². The number of nitrogens with one attached hydrogen (secondary N) is 1. The number of sulfonamides is 1. The fourth-order valence-corrected chi connectivity index (χ4v) is 5.00. The Morgan fingerprint density at radius 3 is 2.42 bits per heavy atom. The van der Waals surface area contributed by atoms with E-state index in [2.05, 4.69) is 4.98 Å². The van der Waals surface area contributed by atoms with Crippen LogP contribution in [0.1, 0.15) is 10.5 Å². The van der Waals surface area contributed by atoms with E-state index in [1.54, 1.807) is 6.07 Å². The maximum Gasteiger partial charge on any atom is 0.293 e. The molecule has 0 radical (unpaired) electrons. The lowest BCUT2D eigenvalue weighted by Gasteiger charge is -2.33. The molecule has 1 aliphatic heterocycles. The molecule has 2 aromatic carbocycles. The molecule has 0 saturated carbocycles. The number of benzene rings is 2. The maximum absolute atomic E-state index is 14.0. The third kappa shape index (κ3) is 3.75. The fraction of sp³-hybridized carbons (Fsp3) is 0.211. The van der Waals surface area contributed by atoms with Gasteiger partial charge >= 0.3 is 0 Å². The van der Waals surface area contributed by atoms with Gasteiger partial charge in [-0.3, -0.25) is 14.9 Å². The quantitative estimate of drug-likeness (QED) is 0.484. The smallest absolute Gasteiger partial charge is 0.293 e. The number of nitro benzene ring substituents is 1. The first kappa shape index (κ1) is 20.9. The Hall–Kier alpha value is -3.38. The molecule has 1 aliphatic rings. The summed E-state index contributed by atoms with van der Waals surface area (Å²) in [4.78, 5) is 27.0. The van der Waals surface area contributed by atoms with E-state index in [1.165, 1.54) is 23.1 Å². The van der Waals surface area contributed by atoms with Gasteiger partial charge in [0.15, 0.2) is 0 Å². The second kappa shape index (κ2) is 7.71. The van der Waals surface area contributed by atoms with Crippen molar-refractivity contribution in [1.82, 2.24) is 14.2 Å². The second-order valence-electron chi connectivity index (χ2n) is 6.95. The summed E-state index contributed by atoms with van der Waals surface area (Å²) in [5.41, 5.74) is 0.211. The third-order valence-corrected chi connectivity index (χ3v) is 7.03. The van der Waals surface area contributed by atoms with Crippen LogP contribution in [0.5, 0.6) is 0 Å². The van der Waals surface area contributed by atoms with Crippen LogP contribution in [-0.2, 0) is 10.0 Å². The summed E-state index contributed by atoms with van der Waals surface area (Å²) in [6.45, 7) is -0.0762. The molecule has 162 valence electrons. The van der Waals surface area contributed by atoms with Crippen LogP contribution < -0.4 is 0 Å². The number of rotatable bonds is 4. The molecule has 2 heterocycles. The number of para-hydroxylation sites is 1. The predicted octanol–water partition coefficient (Wildman–Crippen LogP) is 2.50. The number of carbonyl (C=O) groups excluding carboxylic acids is 1. The summed E-state index contributed by atoms with van der Waals surface area (Å²) in [5.74, 6) is -2.50. The van der Waals surface area contributed by atoms with E-state index < -0.39 is 37.4 Å². The Bertz CT molecular complexity index is 1300. The number of halogens is 2. The number of aromatic nitrogens is 1. The van der Waals surface area contributed by atoms with E-state index in [1.807, 2.05) is 0 Å². The van der Waals surface area contributed by atoms with Crippen LogP contribution in [-0.4, -0.2) is 59.6 Å². The molecular formula is C19H16F2N4O5S. The summed E-state index contributed by atoms with van der Waals surface area (Å²) in [7, 11) is -4.19. The zero-order chi connectivity index (χ0) is 22.3. The van der Waals surface area contributed by atoms with E-state index in [0.29, 0.717) is 11.5 Å². The van der Waals surface area contributed by atoms with Crippen molar-refractivity contribution in [2.24, 2.45) is 0 Å². The number of aromatic amines is 1. The lowest BCUT2D eigenvalue weighted by atomic mass is 10.2. The highest BCUT2D eigenvalue weighted by atomic mass is 32.2. The molecule has 0 spiro atoms. The lowest BCUT2D eigenvalue weighted by Crippen LogP contribution is -2.50. The molecule has 0 unspecified atom stereocenters. The van der Waals surface area contributed by atoms with Crippen molar-refractivity contribution in [3.63, 3.8) is 0 Å². The summed E-state index contributed by atoms with van der Waals surface area (Å²) >= 11 is 0. The number of nitrogens with zero attached hydrogens (tertiary/aromatic N) is 3. The minimum atomic E-state index is -4.19. The standard InChI is InChI=1S/C19H16F2N4O5S/c20-13-4-5-17(14(21)11-13)31(29,30)24-8-6-23(7-9-24)19(26)15-10-12-2-1-3-16(25(27)28)18(12)22-15/h1-5,10-11,22H,6-9H2. The molecule has 1 fully saturated rings. The number of fused-ring (bicyclic) bond motifs is 1. The van der Waals surface area contributed by atoms with Crippen LogP contribution in [0.25, 0.3) is 10.9 Å². The van der Waals surface area contributed by atoms with Gasteiger partial charge in [0, 0.05) is 43.7 Å². The van der Waals surface area contributed by atoms with Crippen molar-refractivity contribution >= 4 is 32.5 Å². The third-order valence-electron chi connectivity index (χ3n) is 5.10. The first-order valence-corrected chi connectivity index (χ1v) is 10.6. The second-order valence-corrected chi connectivity index (χ2v) is 8.86. The minimum absolute atomic E-state index is 0.0400. The average Bonchev–Trinajstić information content (AvgIpc) is 3.17. The number of piperazine rings is 1.